The molecule has 2 aromatic heterocycles. The summed E-state index contributed by atoms with van der Waals surface area (Å²) in [6, 6.07) is 3.12. The molecular formula is C15H15F3N8O2. The van der Waals surface area contributed by atoms with Crippen molar-refractivity contribution < 1.29 is 22.6 Å². The molecule has 0 bridgehead atoms. The van der Waals surface area contributed by atoms with Crippen LogP contribution in [0.25, 0.3) is 0 Å². The number of hydrogen-bond acceptors (Lipinski definition) is 10. The van der Waals surface area contributed by atoms with Gasteiger partial charge in [-0.25, -0.2) is 9.97 Å². The summed E-state index contributed by atoms with van der Waals surface area (Å²) in [6.07, 6.45) is -2.61. The van der Waals surface area contributed by atoms with Gasteiger partial charge in [0.25, 0.3) is 5.88 Å². The van der Waals surface area contributed by atoms with E-state index in [1.807, 2.05) is 6.07 Å². The average Bonchev–Trinajstić information content (AvgIpc) is 2.68. The van der Waals surface area contributed by atoms with Crippen molar-refractivity contribution in [3.8, 4) is 11.9 Å². The van der Waals surface area contributed by atoms with E-state index in [0.29, 0.717) is 13.2 Å². The highest BCUT2D eigenvalue weighted by Gasteiger charge is 2.33. The van der Waals surface area contributed by atoms with Gasteiger partial charge in [0.05, 0.1) is 25.1 Å². The predicted octanol–water partition coefficient (Wildman–Crippen LogP) is 1.18. The molecule has 0 amide bonds. The fraction of sp³-hybridized carbons (Fsp3) is 0.400. The molecule has 1 unspecified atom stereocenters. The van der Waals surface area contributed by atoms with Crippen LogP contribution in [0.5, 0.6) is 5.88 Å². The molecule has 1 aliphatic heterocycles. The first kappa shape index (κ1) is 19.5. The number of anilines is 3. The van der Waals surface area contributed by atoms with Gasteiger partial charge >= 0.3 is 6.36 Å². The second-order valence-corrected chi connectivity index (χ2v) is 5.60. The van der Waals surface area contributed by atoms with Gasteiger partial charge in [0.2, 0.25) is 0 Å². The maximum atomic E-state index is 12.6. The average molecular weight is 396 g/mol. The van der Waals surface area contributed by atoms with Gasteiger partial charge in [0.15, 0.2) is 11.5 Å². The molecule has 148 valence electrons. The van der Waals surface area contributed by atoms with Crippen LogP contribution in [-0.4, -0.2) is 58.9 Å². The summed E-state index contributed by atoms with van der Waals surface area (Å²) in [7, 11) is 0. The number of halogens is 3. The van der Waals surface area contributed by atoms with Gasteiger partial charge in [-0.3, -0.25) is 0 Å². The summed E-state index contributed by atoms with van der Waals surface area (Å²) < 4.78 is 47.3. The molecule has 1 fully saturated rings. The van der Waals surface area contributed by atoms with Gasteiger partial charge in [-0.2, -0.15) is 5.26 Å². The number of nitriles is 1. The molecule has 1 saturated heterocycles. The zero-order chi connectivity index (χ0) is 20.0. The third-order valence-electron chi connectivity index (χ3n) is 3.52. The van der Waals surface area contributed by atoms with Gasteiger partial charge < -0.3 is 25.4 Å². The van der Waals surface area contributed by atoms with Gasteiger partial charge in [0, 0.05) is 25.7 Å². The molecule has 3 N–H and O–H groups in total. The van der Waals surface area contributed by atoms with Crippen molar-refractivity contribution in [2.75, 3.05) is 36.9 Å². The molecular weight excluding hydrogens is 381 g/mol. The standard InChI is InChI=1S/C15H15F3N8O2/c16-15(17,18)28-14-11(22-7-10-6-20-1-2-27-10)3-12(25-26-14)24-13-8-21-9(4-19)5-23-13/h3,5,8,10,20H,1-2,6-7H2,(H2,22,23,24,25). The van der Waals surface area contributed by atoms with Crippen molar-refractivity contribution >= 4 is 17.3 Å². The number of aromatic nitrogens is 4. The highest BCUT2D eigenvalue weighted by atomic mass is 19.4. The minimum absolute atomic E-state index is 0.0226. The Balaban J connectivity index is 1.76. The van der Waals surface area contributed by atoms with Crippen LogP contribution >= 0.6 is 0 Å². The number of rotatable bonds is 6. The summed E-state index contributed by atoms with van der Waals surface area (Å²) in [6.45, 7) is 2.03. The maximum Gasteiger partial charge on any atom is 0.574 e. The second kappa shape index (κ2) is 8.63. The van der Waals surface area contributed by atoms with E-state index in [2.05, 4.69) is 40.9 Å². The van der Waals surface area contributed by atoms with Crippen LogP contribution in [0.3, 0.4) is 0 Å². The van der Waals surface area contributed by atoms with Gasteiger partial charge in [-0.15, -0.1) is 23.4 Å². The number of morpholine rings is 1. The Morgan fingerprint density at radius 3 is 2.79 bits per heavy atom. The van der Waals surface area contributed by atoms with Crippen molar-refractivity contribution in [3.63, 3.8) is 0 Å². The molecule has 2 aromatic rings. The Labute approximate surface area is 157 Å². The lowest BCUT2D eigenvalue weighted by Gasteiger charge is -2.24. The van der Waals surface area contributed by atoms with Crippen molar-refractivity contribution in [2.45, 2.75) is 12.5 Å². The highest BCUT2D eigenvalue weighted by molar-refractivity contribution is 5.61. The lowest BCUT2D eigenvalue weighted by molar-refractivity contribution is -0.276. The van der Waals surface area contributed by atoms with Crippen molar-refractivity contribution in [3.05, 3.63) is 24.2 Å². The molecule has 0 radical (unpaired) electrons. The normalized spacial score (nSPS) is 16.9. The first-order valence-electron chi connectivity index (χ1n) is 8.12. The third-order valence-corrected chi connectivity index (χ3v) is 3.52. The molecule has 10 nitrogen and oxygen atoms in total. The zero-order valence-corrected chi connectivity index (χ0v) is 14.3. The fourth-order valence-corrected chi connectivity index (χ4v) is 2.31. The molecule has 13 heteroatoms. The van der Waals surface area contributed by atoms with Crippen LogP contribution in [-0.2, 0) is 4.74 Å². The molecule has 0 saturated carbocycles. The van der Waals surface area contributed by atoms with Crippen LogP contribution in [0.4, 0.5) is 30.5 Å². The van der Waals surface area contributed by atoms with Crippen LogP contribution in [0.1, 0.15) is 5.69 Å². The largest absolute Gasteiger partial charge is 0.574 e. The zero-order valence-electron chi connectivity index (χ0n) is 14.3. The minimum Gasteiger partial charge on any atom is -0.384 e. The molecule has 3 rings (SSSR count). The van der Waals surface area contributed by atoms with E-state index in [-0.39, 0.29) is 35.7 Å². The van der Waals surface area contributed by atoms with E-state index in [9.17, 15) is 13.2 Å². The maximum absolute atomic E-state index is 12.6. The van der Waals surface area contributed by atoms with E-state index < -0.39 is 12.2 Å². The monoisotopic (exact) mass is 396 g/mol. The summed E-state index contributed by atoms with van der Waals surface area (Å²) in [5.74, 6) is -0.366. The number of alkyl halides is 3. The summed E-state index contributed by atoms with van der Waals surface area (Å²) in [5.41, 5.74) is 0.0969. The Morgan fingerprint density at radius 1 is 1.29 bits per heavy atom. The SMILES string of the molecule is N#Cc1cnc(Nc2cc(NCC3CNCCO3)c(OC(F)(F)F)nn2)cn1. The predicted molar refractivity (Wildman–Crippen MR) is 89.8 cm³/mol. The minimum atomic E-state index is -4.92. The fourth-order valence-electron chi connectivity index (χ4n) is 2.31. The molecule has 28 heavy (non-hydrogen) atoms. The first-order chi connectivity index (χ1) is 13.4. The van der Waals surface area contributed by atoms with Crippen LogP contribution in [0, 0.1) is 11.3 Å². The molecule has 3 heterocycles. The van der Waals surface area contributed by atoms with Crippen LogP contribution in [0.15, 0.2) is 18.5 Å². The Morgan fingerprint density at radius 2 is 2.14 bits per heavy atom. The molecule has 1 atom stereocenters. The molecule has 1 aliphatic rings. The lowest BCUT2D eigenvalue weighted by Crippen LogP contribution is -2.42. The summed E-state index contributed by atoms with van der Waals surface area (Å²) >= 11 is 0. The highest BCUT2D eigenvalue weighted by Crippen LogP contribution is 2.29. The summed E-state index contributed by atoms with van der Waals surface area (Å²) in [4.78, 5) is 7.78. The first-order valence-corrected chi connectivity index (χ1v) is 8.12. The Bertz CT molecular complexity index is 835. The molecule has 0 aromatic carbocycles. The molecule has 0 aliphatic carbocycles. The number of nitrogens with zero attached hydrogens (tertiary/aromatic N) is 5. The van der Waals surface area contributed by atoms with E-state index >= 15 is 0 Å². The van der Waals surface area contributed by atoms with Gasteiger partial charge in [-0.1, -0.05) is 0 Å². The van der Waals surface area contributed by atoms with Gasteiger partial charge in [-0.05, 0) is 0 Å². The summed E-state index contributed by atoms with van der Waals surface area (Å²) in [5, 5.41) is 24.6. The van der Waals surface area contributed by atoms with Crippen molar-refractivity contribution in [1.29, 1.82) is 5.26 Å². The van der Waals surface area contributed by atoms with Crippen molar-refractivity contribution in [2.24, 2.45) is 0 Å². The van der Waals surface area contributed by atoms with E-state index in [4.69, 9.17) is 10.00 Å². The van der Waals surface area contributed by atoms with Gasteiger partial charge in [0.1, 0.15) is 17.6 Å². The quantitative estimate of drug-likeness (QED) is 0.654. The van der Waals surface area contributed by atoms with E-state index in [0.717, 1.165) is 6.54 Å². The number of ether oxygens (including phenoxy) is 2. The van der Waals surface area contributed by atoms with E-state index in [1.165, 1.54) is 18.5 Å². The number of nitrogens with one attached hydrogen (secondary N) is 3. The topological polar surface area (TPSA) is 130 Å². The van der Waals surface area contributed by atoms with Crippen LogP contribution < -0.4 is 20.7 Å². The smallest absolute Gasteiger partial charge is 0.384 e. The lowest BCUT2D eigenvalue weighted by atomic mass is 10.3. The van der Waals surface area contributed by atoms with Crippen molar-refractivity contribution in [1.82, 2.24) is 25.5 Å². The third kappa shape index (κ3) is 5.63. The van der Waals surface area contributed by atoms with Crippen LogP contribution in [0.2, 0.25) is 0 Å². The molecule has 0 spiro atoms. The second-order valence-electron chi connectivity index (χ2n) is 5.60. The Kier molecular flexibility index (Phi) is 6.02. The number of hydrogen-bond donors (Lipinski definition) is 3. The van der Waals surface area contributed by atoms with E-state index in [1.54, 1.807) is 0 Å². The Hall–Kier alpha value is -3.24.